The molecule has 1 aliphatic heterocycles. The van der Waals surface area contributed by atoms with E-state index in [1.165, 1.54) is 17.8 Å². The van der Waals surface area contributed by atoms with Crippen LogP contribution in [0.2, 0.25) is 0 Å². The van der Waals surface area contributed by atoms with Crippen molar-refractivity contribution in [3.05, 3.63) is 17.2 Å². The lowest BCUT2D eigenvalue weighted by atomic mass is 10.2. The molecule has 0 bridgehead atoms. The van der Waals surface area contributed by atoms with Crippen molar-refractivity contribution in [1.82, 2.24) is 9.88 Å². The minimum atomic E-state index is 0.181. The number of nitrogen functional groups attached to an aromatic ring is 1. The van der Waals surface area contributed by atoms with E-state index in [-0.39, 0.29) is 11.4 Å². The van der Waals surface area contributed by atoms with Crippen LogP contribution in [0.5, 0.6) is 0 Å². The van der Waals surface area contributed by atoms with Gasteiger partial charge >= 0.3 is 0 Å². The van der Waals surface area contributed by atoms with Crippen molar-refractivity contribution in [3.63, 3.8) is 0 Å². The van der Waals surface area contributed by atoms with Gasteiger partial charge in [-0.15, -0.1) is 11.8 Å². The zero-order chi connectivity index (χ0) is 14.4. The first-order chi connectivity index (χ1) is 9.74. The maximum Gasteiger partial charge on any atom is 0.142 e. The second-order valence-electron chi connectivity index (χ2n) is 4.30. The topological polar surface area (TPSA) is 99.0 Å². The second kappa shape index (κ2) is 7.11. The fourth-order valence-corrected chi connectivity index (χ4v) is 2.85. The molecular weight excluding hydrogens is 274 g/mol. The van der Waals surface area contributed by atoms with E-state index in [0.717, 1.165) is 38.6 Å². The molecule has 1 aromatic rings. The molecule has 0 amide bonds. The van der Waals surface area contributed by atoms with Gasteiger partial charge < -0.3 is 10.5 Å². The van der Waals surface area contributed by atoms with Crippen LogP contribution in [0, 0.1) is 22.7 Å². The number of aromatic nitrogens is 1. The molecule has 0 aromatic carbocycles. The minimum absolute atomic E-state index is 0.181. The largest absolute Gasteiger partial charge is 0.383 e. The highest BCUT2D eigenvalue weighted by Gasteiger charge is 2.13. The molecule has 0 aliphatic carbocycles. The predicted molar refractivity (Wildman–Crippen MR) is 76.1 cm³/mol. The van der Waals surface area contributed by atoms with Crippen LogP contribution in [-0.2, 0) is 4.74 Å². The molecule has 2 N–H and O–H groups in total. The number of anilines is 1. The summed E-state index contributed by atoms with van der Waals surface area (Å²) in [5, 5.41) is 18.6. The Labute approximate surface area is 122 Å². The number of pyridine rings is 1. The number of rotatable bonds is 4. The molecule has 1 saturated heterocycles. The summed E-state index contributed by atoms with van der Waals surface area (Å²) < 4.78 is 5.29. The van der Waals surface area contributed by atoms with Crippen molar-refractivity contribution in [3.8, 4) is 12.1 Å². The molecule has 20 heavy (non-hydrogen) atoms. The number of nitrogens with zero attached hydrogens (tertiary/aromatic N) is 4. The minimum Gasteiger partial charge on any atom is -0.383 e. The standard InChI is InChI=1S/C13H15N5OS/c14-8-10-7-11(9-15)13(17-12(10)16)20-6-3-18-1-4-19-5-2-18/h7H,1-6H2,(H2,16,17). The summed E-state index contributed by atoms with van der Waals surface area (Å²) >= 11 is 1.49. The number of hydrogen-bond donors (Lipinski definition) is 1. The van der Waals surface area contributed by atoms with E-state index < -0.39 is 0 Å². The van der Waals surface area contributed by atoms with Gasteiger partial charge in [0.1, 0.15) is 23.0 Å². The molecule has 0 saturated carbocycles. The van der Waals surface area contributed by atoms with E-state index in [9.17, 15) is 0 Å². The Bertz CT molecular complexity index is 557. The number of nitrogens with two attached hydrogens (primary N) is 1. The summed E-state index contributed by atoms with van der Waals surface area (Å²) in [6.45, 7) is 4.34. The van der Waals surface area contributed by atoms with Gasteiger partial charge in [-0.1, -0.05) is 0 Å². The highest BCUT2D eigenvalue weighted by Crippen LogP contribution is 2.23. The van der Waals surface area contributed by atoms with Gasteiger partial charge in [-0.3, -0.25) is 4.90 Å². The van der Waals surface area contributed by atoms with Gasteiger partial charge in [0.25, 0.3) is 0 Å². The molecule has 1 aliphatic rings. The van der Waals surface area contributed by atoms with Crippen molar-refractivity contribution in [1.29, 1.82) is 10.5 Å². The first kappa shape index (κ1) is 14.6. The number of nitriles is 2. The molecule has 1 fully saturated rings. The van der Waals surface area contributed by atoms with Crippen LogP contribution in [0.25, 0.3) is 0 Å². The second-order valence-corrected chi connectivity index (χ2v) is 5.38. The fourth-order valence-electron chi connectivity index (χ4n) is 1.89. The van der Waals surface area contributed by atoms with Crippen LogP contribution in [0.3, 0.4) is 0 Å². The van der Waals surface area contributed by atoms with E-state index in [0.29, 0.717) is 10.6 Å². The first-order valence-corrected chi connectivity index (χ1v) is 7.26. The monoisotopic (exact) mass is 289 g/mol. The average molecular weight is 289 g/mol. The maximum absolute atomic E-state index is 9.10. The Morgan fingerprint density at radius 2 is 2.00 bits per heavy atom. The van der Waals surface area contributed by atoms with Crippen LogP contribution in [0.1, 0.15) is 11.1 Å². The number of ether oxygens (including phenoxy) is 1. The Hall–Kier alpha value is -1.80. The van der Waals surface area contributed by atoms with Crippen LogP contribution >= 0.6 is 11.8 Å². The summed E-state index contributed by atoms with van der Waals surface area (Å²) in [5.74, 6) is 1.01. The van der Waals surface area contributed by atoms with E-state index in [1.54, 1.807) is 0 Å². The molecule has 0 radical (unpaired) electrons. The summed E-state index contributed by atoms with van der Waals surface area (Å²) in [5.41, 5.74) is 6.34. The van der Waals surface area contributed by atoms with Gasteiger partial charge in [-0.05, 0) is 6.07 Å². The number of morpholine rings is 1. The lowest BCUT2D eigenvalue weighted by Crippen LogP contribution is -2.37. The molecule has 104 valence electrons. The molecule has 2 heterocycles. The molecule has 7 heteroatoms. The third-order valence-electron chi connectivity index (χ3n) is 3.01. The van der Waals surface area contributed by atoms with Crippen molar-refractivity contribution in [2.24, 2.45) is 0 Å². The van der Waals surface area contributed by atoms with Gasteiger partial charge in [-0.25, -0.2) is 4.98 Å². The molecule has 2 rings (SSSR count). The van der Waals surface area contributed by atoms with Crippen molar-refractivity contribution in [2.45, 2.75) is 5.03 Å². The first-order valence-electron chi connectivity index (χ1n) is 6.28. The van der Waals surface area contributed by atoms with E-state index >= 15 is 0 Å². The number of hydrogen-bond acceptors (Lipinski definition) is 7. The Kier molecular flexibility index (Phi) is 5.19. The maximum atomic E-state index is 9.10. The molecule has 0 unspecified atom stereocenters. The third kappa shape index (κ3) is 3.61. The smallest absolute Gasteiger partial charge is 0.142 e. The van der Waals surface area contributed by atoms with E-state index in [2.05, 4.69) is 16.0 Å². The average Bonchev–Trinajstić information content (AvgIpc) is 2.48. The van der Waals surface area contributed by atoms with E-state index in [1.807, 2.05) is 6.07 Å². The van der Waals surface area contributed by atoms with Gasteiger partial charge in [0, 0.05) is 25.4 Å². The van der Waals surface area contributed by atoms with Crippen molar-refractivity contribution >= 4 is 17.6 Å². The van der Waals surface area contributed by atoms with Crippen molar-refractivity contribution < 1.29 is 4.74 Å². The summed E-state index contributed by atoms with van der Waals surface area (Å²) in [7, 11) is 0. The molecule has 0 atom stereocenters. The Morgan fingerprint density at radius 3 is 2.65 bits per heavy atom. The summed E-state index contributed by atoms with van der Waals surface area (Å²) in [6, 6.07) is 5.50. The van der Waals surface area contributed by atoms with Crippen LogP contribution < -0.4 is 5.73 Å². The van der Waals surface area contributed by atoms with Crippen molar-refractivity contribution in [2.75, 3.05) is 44.3 Å². The zero-order valence-electron chi connectivity index (χ0n) is 11.0. The normalized spacial score (nSPS) is 15.5. The molecule has 1 aromatic heterocycles. The fraction of sp³-hybridized carbons (Fsp3) is 0.462. The molecule has 6 nitrogen and oxygen atoms in total. The number of thioether (sulfide) groups is 1. The van der Waals surface area contributed by atoms with Crippen LogP contribution in [0.4, 0.5) is 5.82 Å². The van der Waals surface area contributed by atoms with Gasteiger partial charge in [-0.2, -0.15) is 10.5 Å². The quantitative estimate of drug-likeness (QED) is 0.819. The highest BCUT2D eigenvalue weighted by atomic mass is 32.2. The van der Waals surface area contributed by atoms with Crippen LogP contribution in [-0.4, -0.2) is 48.5 Å². The lowest BCUT2D eigenvalue weighted by molar-refractivity contribution is 0.0410. The zero-order valence-corrected chi connectivity index (χ0v) is 11.8. The van der Waals surface area contributed by atoms with Gasteiger partial charge in [0.2, 0.25) is 0 Å². The Morgan fingerprint density at radius 1 is 1.30 bits per heavy atom. The third-order valence-corrected chi connectivity index (χ3v) is 3.98. The highest BCUT2D eigenvalue weighted by molar-refractivity contribution is 7.99. The SMILES string of the molecule is N#Cc1cc(C#N)c(SCCN2CCOCC2)nc1N. The molecule has 0 spiro atoms. The van der Waals surface area contributed by atoms with Gasteiger partial charge in [0.05, 0.1) is 24.3 Å². The van der Waals surface area contributed by atoms with Gasteiger partial charge in [0.15, 0.2) is 0 Å². The lowest BCUT2D eigenvalue weighted by Gasteiger charge is -2.26. The molecular formula is C13H15N5OS. The summed E-state index contributed by atoms with van der Waals surface area (Å²) in [4.78, 5) is 6.46. The summed E-state index contributed by atoms with van der Waals surface area (Å²) in [6.07, 6.45) is 0. The predicted octanol–water partition coefficient (Wildman–Crippen LogP) is 0.831. The Balaban J connectivity index is 1.97. The van der Waals surface area contributed by atoms with E-state index in [4.69, 9.17) is 21.0 Å². The van der Waals surface area contributed by atoms with Crippen LogP contribution in [0.15, 0.2) is 11.1 Å².